The van der Waals surface area contributed by atoms with Crippen LogP contribution in [0.5, 0.6) is 5.75 Å². The van der Waals surface area contributed by atoms with Crippen molar-refractivity contribution < 1.29 is 24.8 Å². The van der Waals surface area contributed by atoms with Gasteiger partial charge in [-0.25, -0.2) is 4.98 Å². The highest BCUT2D eigenvalue weighted by Crippen LogP contribution is 2.46. The van der Waals surface area contributed by atoms with Crippen LogP contribution in [0.2, 0.25) is 0 Å². The topological polar surface area (TPSA) is 92.0 Å². The molecule has 0 bridgehead atoms. The first-order chi connectivity index (χ1) is 14.0. The Kier molecular flexibility index (Phi) is 6.22. The van der Waals surface area contributed by atoms with Crippen molar-refractivity contribution in [3.8, 4) is 5.75 Å². The fourth-order valence-corrected chi connectivity index (χ4v) is 5.52. The maximum atomic E-state index is 10.6. The minimum absolute atomic E-state index is 0.0204. The van der Waals surface area contributed by atoms with E-state index in [2.05, 4.69) is 31.0 Å². The SMILES string of the molecule is CCc1cc(OC[C@@H]2[C@H]3CC[C@H](c4nc(C(O)O)cs4)O[C@H]3C[C@H]2O)ccc1C. The van der Waals surface area contributed by atoms with Crippen molar-refractivity contribution >= 4 is 11.3 Å². The standard InChI is InChI=1S/C22H29NO5S/c1-3-13-8-14(5-4-12(13)2)27-10-16-15-6-7-19(28-20(15)9-18(16)24)21-23-17(11-29-21)22(25)26/h4-5,8,11,15-16,18-20,22,24-26H,3,6-7,9-10H2,1-2H3/t15-,16-,18-,19-,20+/m1/s1. The molecule has 0 unspecified atom stereocenters. The van der Waals surface area contributed by atoms with Crippen LogP contribution in [0, 0.1) is 18.8 Å². The highest BCUT2D eigenvalue weighted by molar-refractivity contribution is 7.09. The van der Waals surface area contributed by atoms with Crippen molar-refractivity contribution in [2.45, 2.75) is 64.1 Å². The van der Waals surface area contributed by atoms with E-state index >= 15 is 0 Å². The van der Waals surface area contributed by atoms with Gasteiger partial charge >= 0.3 is 0 Å². The number of fused-ring (bicyclic) bond motifs is 1. The summed E-state index contributed by atoms with van der Waals surface area (Å²) in [6, 6.07) is 6.18. The number of aliphatic hydroxyl groups excluding tert-OH is 2. The monoisotopic (exact) mass is 419 g/mol. The minimum Gasteiger partial charge on any atom is -0.493 e. The second-order valence-electron chi connectivity index (χ2n) is 8.11. The second-order valence-corrected chi connectivity index (χ2v) is 9.00. The summed E-state index contributed by atoms with van der Waals surface area (Å²) in [6.07, 6.45) is 1.16. The smallest absolute Gasteiger partial charge is 0.196 e. The predicted molar refractivity (Wildman–Crippen MR) is 110 cm³/mol. The van der Waals surface area contributed by atoms with Crippen LogP contribution in [0.15, 0.2) is 23.6 Å². The minimum atomic E-state index is -1.55. The summed E-state index contributed by atoms with van der Waals surface area (Å²) in [5, 5.41) is 31.6. The van der Waals surface area contributed by atoms with Crippen LogP contribution in [0.25, 0.3) is 0 Å². The number of thiazole rings is 1. The molecule has 158 valence electrons. The third-order valence-electron chi connectivity index (χ3n) is 6.32. The molecule has 2 aromatic rings. The van der Waals surface area contributed by atoms with Crippen LogP contribution < -0.4 is 4.74 Å². The predicted octanol–water partition coefficient (Wildman–Crippen LogP) is 3.29. The molecular weight excluding hydrogens is 390 g/mol. The van der Waals surface area contributed by atoms with E-state index in [1.807, 2.05) is 6.07 Å². The zero-order chi connectivity index (χ0) is 20.5. The van der Waals surface area contributed by atoms with E-state index in [0.717, 1.165) is 30.0 Å². The summed E-state index contributed by atoms with van der Waals surface area (Å²) in [7, 11) is 0. The molecule has 1 saturated carbocycles. The molecule has 0 amide bonds. The van der Waals surface area contributed by atoms with E-state index in [1.54, 1.807) is 5.38 Å². The third-order valence-corrected chi connectivity index (χ3v) is 7.28. The van der Waals surface area contributed by atoms with Crippen molar-refractivity contribution in [1.29, 1.82) is 0 Å². The van der Waals surface area contributed by atoms with Gasteiger partial charge in [0.05, 0.1) is 18.8 Å². The zero-order valence-corrected chi connectivity index (χ0v) is 17.6. The fraction of sp³-hybridized carbons (Fsp3) is 0.591. The second kappa shape index (κ2) is 8.70. The maximum Gasteiger partial charge on any atom is 0.196 e. The van der Waals surface area contributed by atoms with E-state index in [9.17, 15) is 15.3 Å². The number of ether oxygens (including phenoxy) is 2. The highest BCUT2D eigenvalue weighted by atomic mass is 32.1. The van der Waals surface area contributed by atoms with Gasteiger partial charge in [-0.1, -0.05) is 13.0 Å². The molecule has 4 rings (SSSR count). The Morgan fingerprint density at radius 2 is 2.14 bits per heavy atom. The molecule has 1 aliphatic heterocycles. The number of hydrogen-bond acceptors (Lipinski definition) is 7. The quantitative estimate of drug-likeness (QED) is 0.623. The van der Waals surface area contributed by atoms with Gasteiger partial charge in [0, 0.05) is 17.7 Å². The summed E-state index contributed by atoms with van der Waals surface area (Å²) < 4.78 is 12.3. The first-order valence-electron chi connectivity index (χ1n) is 10.3. The van der Waals surface area contributed by atoms with E-state index in [1.165, 1.54) is 22.5 Å². The highest BCUT2D eigenvalue weighted by Gasteiger charge is 2.47. The first-order valence-corrected chi connectivity index (χ1v) is 11.2. The summed E-state index contributed by atoms with van der Waals surface area (Å²) in [6.45, 7) is 4.73. The molecule has 1 aromatic heterocycles. The molecule has 7 heteroatoms. The molecule has 6 nitrogen and oxygen atoms in total. The van der Waals surface area contributed by atoms with Gasteiger partial charge in [-0.3, -0.25) is 0 Å². The molecule has 2 fully saturated rings. The molecule has 0 radical (unpaired) electrons. The molecule has 1 saturated heterocycles. The Balaban J connectivity index is 1.38. The van der Waals surface area contributed by atoms with Gasteiger partial charge in [0.2, 0.25) is 0 Å². The Labute approximate surface area is 175 Å². The Morgan fingerprint density at radius 1 is 1.31 bits per heavy atom. The summed E-state index contributed by atoms with van der Waals surface area (Å²) >= 11 is 1.39. The van der Waals surface area contributed by atoms with Gasteiger partial charge in [-0.2, -0.15) is 0 Å². The lowest BCUT2D eigenvalue weighted by molar-refractivity contribution is -0.0818. The lowest BCUT2D eigenvalue weighted by Crippen LogP contribution is -2.33. The van der Waals surface area contributed by atoms with Gasteiger partial charge in [0.1, 0.15) is 22.6 Å². The van der Waals surface area contributed by atoms with Gasteiger partial charge in [0.25, 0.3) is 0 Å². The molecule has 2 heterocycles. The average Bonchev–Trinajstić information content (AvgIpc) is 3.31. The van der Waals surface area contributed by atoms with Crippen LogP contribution in [0.1, 0.15) is 60.4 Å². The van der Waals surface area contributed by atoms with E-state index in [-0.39, 0.29) is 29.7 Å². The van der Waals surface area contributed by atoms with E-state index < -0.39 is 12.4 Å². The van der Waals surface area contributed by atoms with Crippen molar-refractivity contribution in [2.75, 3.05) is 6.61 Å². The fourth-order valence-electron chi connectivity index (χ4n) is 4.62. The normalized spacial score (nSPS) is 29.2. The molecule has 3 N–H and O–H groups in total. The van der Waals surface area contributed by atoms with Gasteiger partial charge in [0.15, 0.2) is 6.29 Å². The molecule has 5 atom stereocenters. The molecule has 1 aliphatic carbocycles. The zero-order valence-electron chi connectivity index (χ0n) is 16.8. The van der Waals surface area contributed by atoms with Crippen LogP contribution >= 0.6 is 11.3 Å². The number of aromatic nitrogens is 1. The summed E-state index contributed by atoms with van der Waals surface area (Å²) in [4.78, 5) is 4.29. The van der Waals surface area contributed by atoms with Crippen LogP contribution in [-0.4, -0.2) is 39.1 Å². The number of rotatable bonds is 6. The number of nitrogens with zero attached hydrogens (tertiary/aromatic N) is 1. The van der Waals surface area contributed by atoms with Gasteiger partial charge in [-0.15, -0.1) is 11.3 Å². The van der Waals surface area contributed by atoms with E-state index in [0.29, 0.717) is 13.0 Å². The van der Waals surface area contributed by atoms with Crippen LogP contribution in [0.3, 0.4) is 0 Å². The van der Waals surface area contributed by atoms with Crippen LogP contribution in [0.4, 0.5) is 0 Å². The Bertz CT molecular complexity index is 838. The number of benzene rings is 1. The van der Waals surface area contributed by atoms with Gasteiger partial charge < -0.3 is 24.8 Å². The summed E-state index contributed by atoms with van der Waals surface area (Å²) in [5.41, 5.74) is 2.82. The first kappa shape index (κ1) is 20.8. The van der Waals surface area contributed by atoms with Crippen molar-refractivity contribution in [1.82, 2.24) is 4.98 Å². The number of hydrogen-bond donors (Lipinski definition) is 3. The third kappa shape index (κ3) is 4.34. The van der Waals surface area contributed by atoms with Crippen molar-refractivity contribution in [3.05, 3.63) is 45.4 Å². The maximum absolute atomic E-state index is 10.6. The lowest BCUT2D eigenvalue weighted by atomic mass is 9.87. The Hall–Kier alpha value is -1.51. The summed E-state index contributed by atoms with van der Waals surface area (Å²) in [5.74, 6) is 1.18. The lowest BCUT2D eigenvalue weighted by Gasteiger charge is -2.33. The van der Waals surface area contributed by atoms with Crippen LogP contribution in [-0.2, 0) is 11.2 Å². The van der Waals surface area contributed by atoms with Crippen molar-refractivity contribution in [3.63, 3.8) is 0 Å². The average molecular weight is 420 g/mol. The molecule has 29 heavy (non-hydrogen) atoms. The number of aryl methyl sites for hydroxylation is 2. The number of aliphatic hydroxyl groups is 3. The largest absolute Gasteiger partial charge is 0.493 e. The molecule has 2 aliphatic rings. The molecule has 1 aromatic carbocycles. The van der Waals surface area contributed by atoms with Crippen molar-refractivity contribution in [2.24, 2.45) is 11.8 Å². The van der Waals surface area contributed by atoms with E-state index in [4.69, 9.17) is 9.47 Å². The molecular formula is C22H29NO5S. The Morgan fingerprint density at radius 3 is 2.86 bits per heavy atom. The van der Waals surface area contributed by atoms with Gasteiger partial charge in [-0.05, 0) is 55.4 Å². The molecule has 0 spiro atoms.